The lowest BCUT2D eigenvalue weighted by Crippen LogP contribution is -2.33. The predicted molar refractivity (Wildman–Crippen MR) is 65.3 cm³/mol. The highest BCUT2D eigenvalue weighted by atomic mass is 32.1. The summed E-state index contributed by atoms with van der Waals surface area (Å²) >= 11 is 1.80. The molecule has 1 fully saturated rings. The summed E-state index contributed by atoms with van der Waals surface area (Å²) in [4.78, 5) is 4.55. The van der Waals surface area contributed by atoms with Crippen molar-refractivity contribution in [3.05, 3.63) is 16.1 Å². The molecular weight excluding hydrogens is 204 g/mol. The predicted octanol–water partition coefficient (Wildman–Crippen LogP) is 2.63. The van der Waals surface area contributed by atoms with Gasteiger partial charge < -0.3 is 5.32 Å². The van der Waals surface area contributed by atoms with Crippen LogP contribution >= 0.6 is 11.3 Å². The largest absolute Gasteiger partial charge is 0.314 e. The molecule has 1 N–H and O–H groups in total. The number of nitrogens with one attached hydrogen (secondary N) is 1. The highest BCUT2D eigenvalue weighted by molar-refractivity contribution is 7.09. The number of hydrogen-bond acceptors (Lipinski definition) is 3. The van der Waals surface area contributed by atoms with E-state index >= 15 is 0 Å². The summed E-state index contributed by atoms with van der Waals surface area (Å²) in [6.07, 6.45) is 2.50. The maximum Gasteiger partial charge on any atom is 0.0943 e. The fourth-order valence-corrected chi connectivity index (χ4v) is 3.07. The zero-order valence-corrected chi connectivity index (χ0v) is 10.6. The number of nitrogens with zero attached hydrogens (tertiary/aromatic N) is 1. The van der Waals surface area contributed by atoms with Crippen LogP contribution in [-0.4, -0.2) is 17.6 Å². The van der Waals surface area contributed by atoms with E-state index in [0.717, 1.165) is 30.5 Å². The molecule has 1 aromatic heterocycles. The van der Waals surface area contributed by atoms with Gasteiger partial charge >= 0.3 is 0 Å². The molecule has 0 radical (unpaired) electrons. The number of rotatable bonds is 5. The van der Waals surface area contributed by atoms with Gasteiger partial charge in [-0.3, -0.25) is 0 Å². The molecule has 1 heterocycles. The average Bonchev–Trinajstić information content (AvgIpc) is 2.77. The van der Waals surface area contributed by atoms with Gasteiger partial charge in [-0.1, -0.05) is 13.8 Å². The minimum atomic E-state index is 0.649. The third kappa shape index (κ3) is 2.79. The number of aromatic nitrogens is 1. The Kier molecular flexibility index (Phi) is 3.42. The Bertz CT molecular complexity index is 321. The van der Waals surface area contributed by atoms with Crippen molar-refractivity contribution in [2.45, 2.75) is 39.7 Å². The van der Waals surface area contributed by atoms with Gasteiger partial charge in [-0.25, -0.2) is 4.98 Å². The van der Waals surface area contributed by atoms with Gasteiger partial charge in [0.25, 0.3) is 0 Å². The third-order valence-electron chi connectivity index (χ3n) is 3.22. The Balaban J connectivity index is 1.94. The monoisotopic (exact) mass is 224 g/mol. The minimum Gasteiger partial charge on any atom is -0.314 e. The molecule has 1 aliphatic carbocycles. The van der Waals surface area contributed by atoms with Gasteiger partial charge in [-0.2, -0.15) is 0 Å². The molecular formula is C12H20N2S. The first-order valence-corrected chi connectivity index (χ1v) is 6.73. The summed E-state index contributed by atoms with van der Waals surface area (Å²) < 4.78 is 0. The van der Waals surface area contributed by atoms with E-state index in [-0.39, 0.29) is 0 Å². The van der Waals surface area contributed by atoms with Crippen molar-refractivity contribution in [3.8, 4) is 0 Å². The lowest BCUT2D eigenvalue weighted by atomic mass is 10.1. The first-order valence-electron chi connectivity index (χ1n) is 5.85. The van der Waals surface area contributed by atoms with E-state index in [1.165, 1.54) is 11.4 Å². The van der Waals surface area contributed by atoms with Crippen LogP contribution in [0.3, 0.4) is 0 Å². The summed E-state index contributed by atoms with van der Waals surface area (Å²) in [7, 11) is 0. The van der Waals surface area contributed by atoms with E-state index in [1.807, 2.05) is 0 Å². The Hall–Kier alpha value is -0.410. The highest BCUT2D eigenvalue weighted by Crippen LogP contribution is 2.41. The van der Waals surface area contributed by atoms with Crippen LogP contribution in [0.2, 0.25) is 0 Å². The molecule has 3 unspecified atom stereocenters. The third-order valence-corrected chi connectivity index (χ3v) is 4.20. The summed E-state index contributed by atoms with van der Waals surface area (Å²) in [5.41, 5.74) is 1.16. The quantitative estimate of drug-likeness (QED) is 0.831. The molecule has 1 aromatic rings. The summed E-state index contributed by atoms with van der Waals surface area (Å²) in [6, 6.07) is 0.649. The van der Waals surface area contributed by atoms with Crippen LogP contribution in [0, 0.1) is 18.8 Å². The molecule has 0 aromatic carbocycles. The molecule has 1 saturated carbocycles. The molecule has 3 heteroatoms. The molecule has 0 spiro atoms. The number of thiazole rings is 1. The molecule has 0 bridgehead atoms. The molecule has 1 aliphatic rings. The number of aryl methyl sites for hydroxylation is 1. The first kappa shape index (κ1) is 11.1. The minimum absolute atomic E-state index is 0.649. The standard InChI is InChI=1S/C12H20N2S/c1-4-13-11(10-5-8(10)2)6-12-14-9(3)7-15-12/h7-8,10-11,13H,4-6H2,1-3H3. The van der Waals surface area contributed by atoms with E-state index in [1.54, 1.807) is 11.3 Å². The Morgan fingerprint density at radius 2 is 2.40 bits per heavy atom. The van der Waals surface area contributed by atoms with E-state index in [2.05, 4.69) is 36.5 Å². The van der Waals surface area contributed by atoms with Crippen LogP contribution in [0.1, 0.15) is 31.0 Å². The highest BCUT2D eigenvalue weighted by Gasteiger charge is 2.39. The first-order chi connectivity index (χ1) is 7.20. The maximum absolute atomic E-state index is 4.55. The van der Waals surface area contributed by atoms with Gasteiger partial charge in [0.15, 0.2) is 0 Å². The lowest BCUT2D eigenvalue weighted by Gasteiger charge is -2.16. The molecule has 3 atom stereocenters. The van der Waals surface area contributed by atoms with E-state index in [4.69, 9.17) is 0 Å². The second-order valence-corrected chi connectivity index (χ2v) is 5.57. The number of hydrogen-bond donors (Lipinski definition) is 1. The van der Waals surface area contributed by atoms with Gasteiger partial charge in [0.1, 0.15) is 0 Å². The van der Waals surface area contributed by atoms with E-state index in [0.29, 0.717) is 6.04 Å². The molecule has 0 amide bonds. The molecule has 2 rings (SSSR count). The molecule has 84 valence electrons. The lowest BCUT2D eigenvalue weighted by molar-refractivity contribution is 0.454. The molecule has 15 heavy (non-hydrogen) atoms. The van der Waals surface area contributed by atoms with Crippen molar-refractivity contribution in [3.63, 3.8) is 0 Å². The van der Waals surface area contributed by atoms with Crippen molar-refractivity contribution in [1.82, 2.24) is 10.3 Å². The van der Waals surface area contributed by atoms with E-state index in [9.17, 15) is 0 Å². The zero-order valence-electron chi connectivity index (χ0n) is 9.79. The summed E-state index contributed by atoms with van der Waals surface area (Å²) in [6.45, 7) is 7.68. The van der Waals surface area contributed by atoms with Crippen molar-refractivity contribution >= 4 is 11.3 Å². The number of likely N-dealkylation sites (N-methyl/N-ethyl adjacent to an activating group) is 1. The Morgan fingerprint density at radius 1 is 1.67 bits per heavy atom. The van der Waals surface area contributed by atoms with Crippen LogP contribution < -0.4 is 5.32 Å². The van der Waals surface area contributed by atoms with Crippen molar-refractivity contribution < 1.29 is 0 Å². The van der Waals surface area contributed by atoms with Gasteiger partial charge in [0.05, 0.1) is 5.01 Å². The van der Waals surface area contributed by atoms with Crippen LogP contribution in [0.15, 0.2) is 5.38 Å². The van der Waals surface area contributed by atoms with Crippen LogP contribution in [-0.2, 0) is 6.42 Å². The van der Waals surface area contributed by atoms with Crippen LogP contribution in [0.4, 0.5) is 0 Å². The molecule has 2 nitrogen and oxygen atoms in total. The van der Waals surface area contributed by atoms with Crippen molar-refractivity contribution in [2.24, 2.45) is 11.8 Å². The average molecular weight is 224 g/mol. The molecule has 0 aliphatic heterocycles. The second-order valence-electron chi connectivity index (χ2n) is 4.63. The van der Waals surface area contributed by atoms with Gasteiger partial charge in [0, 0.05) is 23.5 Å². The molecule has 0 saturated heterocycles. The Labute approximate surface area is 96.1 Å². The van der Waals surface area contributed by atoms with Crippen molar-refractivity contribution in [2.75, 3.05) is 6.54 Å². The van der Waals surface area contributed by atoms with Crippen molar-refractivity contribution in [1.29, 1.82) is 0 Å². The fourth-order valence-electron chi connectivity index (χ4n) is 2.23. The SMILES string of the molecule is CCNC(Cc1nc(C)cs1)C1CC1C. The van der Waals surface area contributed by atoms with Gasteiger partial charge in [0.2, 0.25) is 0 Å². The normalized spacial score (nSPS) is 26.6. The summed E-state index contributed by atoms with van der Waals surface area (Å²) in [5, 5.41) is 7.04. The smallest absolute Gasteiger partial charge is 0.0943 e. The Morgan fingerprint density at radius 3 is 2.87 bits per heavy atom. The topological polar surface area (TPSA) is 24.9 Å². The zero-order chi connectivity index (χ0) is 10.8. The summed E-state index contributed by atoms with van der Waals surface area (Å²) in [5.74, 6) is 1.80. The maximum atomic E-state index is 4.55. The van der Waals surface area contributed by atoms with Gasteiger partial charge in [-0.05, 0) is 31.7 Å². The van der Waals surface area contributed by atoms with E-state index < -0.39 is 0 Å². The van der Waals surface area contributed by atoms with Crippen LogP contribution in [0.25, 0.3) is 0 Å². The second kappa shape index (κ2) is 4.62. The van der Waals surface area contributed by atoms with Crippen LogP contribution in [0.5, 0.6) is 0 Å². The van der Waals surface area contributed by atoms with Gasteiger partial charge in [-0.15, -0.1) is 11.3 Å². The fraction of sp³-hybridized carbons (Fsp3) is 0.750.